The van der Waals surface area contributed by atoms with Gasteiger partial charge in [0.25, 0.3) is 5.91 Å². The Hall–Kier alpha value is -3.35. The van der Waals surface area contributed by atoms with Gasteiger partial charge in [-0.05, 0) is 24.3 Å². The Balaban J connectivity index is 1.68. The number of hydrogen-bond donors (Lipinski definition) is 2. The van der Waals surface area contributed by atoms with Gasteiger partial charge < -0.3 is 15.5 Å². The Morgan fingerprint density at radius 1 is 0.968 bits per heavy atom. The molecular formula is C23H18Cl2N4O2. The van der Waals surface area contributed by atoms with Crippen molar-refractivity contribution in [3.63, 3.8) is 0 Å². The van der Waals surface area contributed by atoms with Crippen LogP contribution < -0.4 is 15.5 Å². The Kier molecular flexibility index (Phi) is 5.93. The molecule has 2 N–H and O–H groups in total. The minimum absolute atomic E-state index is 0.363. The summed E-state index contributed by atoms with van der Waals surface area (Å²) in [6, 6.07) is 21.1. The zero-order valence-corrected chi connectivity index (χ0v) is 18.0. The number of nitrogens with zero attached hydrogens (tertiary/aromatic N) is 2. The second-order valence-electron chi connectivity index (χ2n) is 6.92. The predicted octanol–water partition coefficient (Wildman–Crippen LogP) is 4.96. The highest BCUT2D eigenvalue weighted by Gasteiger charge is 2.30. The molecule has 31 heavy (non-hydrogen) atoms. The molecule has 1 heterocycles. The second kappa shape index (κ2) is 8.79. The van der Waals surface area contributed by atoms with Crippen molar-refractivity contribution in [1.82, 2.24) is 5.32 Å². The van der Waals surface area contributed by atoms with E-state index >= 15 is 0 Å². The monoisotopic (exact) mass is 452 g/mol. The van der Waals surface area contributed by atoms with Crippen molar-refractivity contribution in [2.24, 2.45) is 4.99 Å². The van der Waals surface area contributed by atoms with E-state index in [-0.39, 0.29) is 5.91 Å². The zero-order chi connectivity index (χ0) is 22.0. The number of benzene rings is 3. The van der Waals surface area contributed by atoms with Gasteiger partial charge in [-0.3, -0.25) is 4.79 Å². The van der Waals surface area contributed by atoms with Crippen molar-refractivity contribution in [2.45, 2.75) is 6.17 Å². The minimum Gasteiger partial charge on any atom is -0.311 e. The number of urea groups is 1. The lowest BCUT2D eigenvalue weighted by atomic mass is 10.0. The van der Waals surface area contributed by atoms with E-state index in [4.69, 9.17) is 23.2 Å². The van der Waals surface area contributed by atoms with Crippen LogP contribution in [-0.4, -0.2) is 30.9 Å². The fraction of sp³-hybridized carbons (Fsp3) is 0.0870. The quantitative estimate of drug-likeness (QED) is 0.589. The number of anilines is 2. The third-order valence-corrected chi connectivity index (χ3v) is 5.22. The first-order valence-corrected chi connectivity index (χ1v) is 10.2. The van der Waals surface area contributed by atoms with Crippen LogP contribution in [-0.2, 0) is 4.79 Å². The summed E-state index contributed by atoms with van der Waals surface area (Å²) in [7, 11) is 1.66. The number of halogens is 2. The first kappa shape index (κ1) is 20.9. The molecular weight excluding hydrogens is 435 g/mol. The highest BCUT2D eigenvalue weighted by Crippen LogP contribution is 2.27. The zero-order valence-electron chi connectivity index (χ0n) is 16.5. The predicted molar refractivity (Wildman–Crippen MR) is 124 cm³/mol. The summed E-state index contributed by atoms with van der Waals surface area (Å²) in [5.41, 5.74) is 3.37. The molecule has 6 nitrogen and oxygen atoms in total. The van der Waals surface area contributed by atoms with Crippen molar-refractivity contribution < 1.29 is 9.59 Å². The lowest BCUT2D eigenvalue weighted by Crippen LogP contribution is -2.47. The van der Waals surface area contributed by atoms with Gasteiger partial charge in [0.2, 0.25) is 6.17 Å². The van der Waals surface area contributed by atoms with E-state index in [0.717, 1.165) is 11.1 Å². The van der Waals surface area contributed by atoms with Crippen LogP contribution in [0.1, 0.15) is 11.1 Å². The highest BCUT2D eigenvalue weighted by molar-refractivity contribution is 6.35. The third kappa shape index (κ3) is 4.55. The number of fused-ring (bicyclic) bond motifs is 1. The van der Waals surface area contributed by atoms with Gasteiger partial charge in [0.1, 0.15) is 0 Å². The Morgan fingerprint density at radius 3 is 2.32 bits per heavy atom. The maximum Gasteiger partial charge on any atom is 0.321 e. The van der Waals surface area contributed by atoms with Gasteiger partial charge in [-0.1, -0.05) is 71.7 Å². The molecule has 1 aliphatic rings. The van der Waals surface area contributed by atoms with Gasteiger partial charge in [-0.25, -0.2) is 9.79 Å². The molecule has 0 radical (unpaired) electrons. The molecule has 0 bridgehead atoms. The first-order valence-electron chi connectivity index (χ1n) is 9.46. The summed E-state index contributed by atoms with van der Waals surface area (Å²) < 4.78 is 0. The molecule has 3 aromatic rings. The van der Waals surface area contributed by atoms with E-state index in [1.165, 1.54) is 4.90 Å². The lowest BCUT2D eigenvalue weighted by molar-refractivity contribution is -0.119. The van der Waals surface area contributed by atoms with Crippen LogP contribution in [0.2, 0.25) is 10.0 Å². The summed E-state index contributed by atoms with van der Waals surface area (Å²) in [6.45, 7) is 0. The van der Waals surface area contributed by atoms with Crippen molar-refractivity contribution in [3.05, 3.63) is 94.0 Å². The van der Waals surface area contributed by atoms with Crippen LogP contribution in [0, 0.1) is 0 Å². The fourth-order valence-electron chi connectivity index (χ4n) is 3.36. The molecule has 156 valence electrons. The van der Waals surface area contributed by atoms with Gasteiger partial charge in [0.15, 0.2) is 0 Å². The average Bonchev–Trinajstić information content (AvgIpc) is 2.84. The van der Waals surface area contributed by atoms with Gasteiger partial charge in [-0.2, -0.15) is 0 Å². The van der Waals surface area contributed by atoms with E-state index in [1.54, 1.807) is 25.2 Å². The number of carbonyl (C=O) groups is 2. The van der Waals surface area contributed by atoms with Crippen molar-refractivity contribution in [2.75, 3.05) is 17.3 Å². The van der Waals surface area contributed by atoms with Crippen LogP contribution in [0.4, 0.5) is 16.2 Å². The standard InChI is InChI=1S/C23H18Cl2N4O2/c1-29-19-10-6-5-9-18(19)20(14-7-3-2-4-8-14)27-21(22(29)30)28-23(31)26-17-12-15(24)11-16(25)13-17/h2-13,21H,1H3,(H2,26,28,31)/t21-/m0/s1. The Bertz CT molecular complexity index is 1160. The second-order valence-corrected chi connectivity index (χ2v) is 7.79. The van der Waals surface area contributed by atoms with Gasteiger partial charge in [0.05, 0.1) is 11.4 Å². The van der Waals surface area contributed by atoms with Gasteiger partial charge in [0, 0.05) is 33.9 Å². The molecule has 4 rings (SSSR count). The van der Waals surface area contributed by atoms with Crippen LogP contribution in [0.25, 0.3) is 0 Å². The van der Waals surface area contributed by atoms with Crippen LogP contribution in [0.15, 0.2) is 77.8 Å². The van der Waals surface area contributed by atoms with E-state index < -0.39 is 12.2 Å². The highest BCUT2D eigenvalue weighted by atomic mass is 35.5. The minimum atomic E-state index is -1.12. The van der Waals surface area contributed by atoms with Gasteiger partial charge in [-0.15, -0.1) is 0 Å². The number of rotatable bonds is 3. The Labute approximate surface area is 189 Å². The normalized spacial score (nSPS) is 15.6. The Morgan fingerprint density at radius 2 is 1.61 bits per heavy atom. The summed E-state index contributed by atoms with van der Waals surface area (Å²) in [5, 5.41) is 6.05. The number of amides is 3. The van der Waals surface area contributed by atoms with Crippen molar-refractivity contribution >= 4 is 52.2 Å². The number of likely N-dealkylation sites (N-methyl/N-ethyl adjacent to an activating group) is 1. The van der Waals surface area contributed by atoms with E-state index in [9.17, 15) is 9.59 Å². The van der Waals surface area contributed by atoms with Crippen molar-refractivity contribution in [3.8, 4) is 0 Å². The van der Waals surface area contributed by atoms with Crippen molar-refractivity contribution in [1.29, 1.82) is 0 Å². The van der Waals surface area contributed by atoms with Crippen LogP contribution in [0.5, 0.6) is 0 Å². The first-order chi connectivity index (χ1) is 14.9. The molecule has 3 amide bonds. The fourth-order valence-corrected chi connectivity index (χ4v) is 3.89. The van der Waals surface area contributed by atoms with Crippen LogP contribution >= 0.6 is 23.2 Å². The number of aliphatic imine (C=N–C) groups is 1. The number of benzodiazepines with no additional fused rings is 1. The maximum atomic E-state index is 13.1. The number of carbonyl (C=O) groups excluding carboxylic acids is 2. The average molecular weight is 453 g/mol. The molecule has 1 atom stereocenters. The molecule has 1 aliphatic heterocycles. The van der Waals surface area contributed by atoms with E-state index in [0.29, 0.717) is 27.1 Å². The lowest BCUT2D eigenvalue weighted by Gasteiger charge is -2.21. The summed E-state index contributed by atoms with van der Waals surface area (Å²) in [4.78, 5) is 31.9. The topological polar surface area (TPSA) is 73.8 Å². The van der Waals surface area contributed by atoms with E-state index in [2.05, 4.69) is 15.6 Å². The molecule has 0 saturated carbocycles. The molecule has 0 fully saturated rings. The summed E-state index contributed by atoms with van der Waals surface area (Å²) in [5.74, 6) is -0.363. The molecule has 0 aliphatic carbocycles. The summed E-state index contributed by atoms with van der Waals surface area (Å²) >= 11 is 12.0. The molecule has 0 spiro atoms. The molecule has 0 aromatic heterocycles. The molecule has 3 aromatic carbocycles. The molecule has 8 heteroatoms. The van der Waals surface area contributed by atoms with Gasteiger partial charge >= 0.3 is 6.03 Å². The maximum absolute atomic E-state index is 13.1. The number of hydrogen-bond acceptors (Lipinski definition) is 3. The van der Waals surface area contributed by atoms with Crippen LogP contribution in [0.3, 0.4) is 0 Å². The number of para-hydroxylation sites is 1. The SMILES string of the molecule is CN1C(=O)[C@H](NC(=O)Nc2cc(Cl)cc(Cl)c2)N=C(c2ccccc2)c2ccccc21. The largest absolute Gasteiger partial charge is 0.321 e. The smallest absolute Gasteiger partial charge is 0.311 e. The molecule has 0 unspecified atom stereocenters. The number of nitrogens with one attached hydrogen (secondary N) is 2. The summed E-state index contributed by atoms with van der Waals surface area (Å²) in [6.07, 6.45) is -1.12. The third-order valence-electron chi connectivity index (χ3n) is 4.78. The molecule has 0 saturated heterocycles. The van der Waals surface area contributed by atoms with E-state index in [1.807, 2.05) is 54.6 Å².